The van der Waals surface area contributed by atoms with Crippen molar-refractivity contribution in [2.75, 3.05) is 45.6 Å². The Morgan fingerprint density at radius 1 is 1.13 bits per heavy atom. The van der Waals surface area contributed by atoms with Crippen molar-refractivity contribution in [2.45, 2.75) is 51.6 Å². The van der Waals surface area contributed by atoms with Crippen molar-refractivity contribution in [3.63, 3.8) is 0 Å². The van der Waals surface area contributed by atoms with Crippen molar-refractivity contribution < 1.29 is 37.0 Å². The molecule has 1 saturated heterocycles. The predicted octanol–water partition coefficient (Wildman–Crippen LogP) is 3.92. The molecule has 0 bridgehead atoms. The predicted molar refractivity (Wildman–Crippen MR) is 136 cm³/mol. The molecule has 0 saturated carbocycles. The quantitative estimate of drug-likeness (QED) is 0.548. The number of aromatic nitrogens is 1. The normalized spacial score (nSPS) is 15.0. The van der Waals surface area contributed by atoms with Crippen LogP contribution in [0.5, 0.6) is 5.75 Å². The molecule has 1 aromatic carbocycles. The number of hydrogen-bond donors (Lipinski definition) is 1. The zero-order chi connectivity index (χ0) is 28.3. The molecule has 0 atom stereocenters. The summed E-state index contributed by atoms with van der Waals surface area (Å²) >= 11 is 0.997. The molecule has 38 heavy (non-hydrogen) atoms. The van der Waals surface area contributed by atoms with Crippen molar-refractivity contribution in [1.29, 1.82) is 0 Å². The second kappa shape index (κ2) is 11.7. The van der Waals surface area contributed by atoms with Crippen LogP contribution in [0.1, 0.15) is 33.6 Å². The fourth-order valence-corrected chi connectivity index (χ4v) is 4.81. The fraction of sp³-hybridized carbons (Fsp3) is 0.583. The van der Waals surface area contributed by atoms with Crippen LogP contribution in [0.25, 0.3) is 10.2 Å². The van der Waals surface area contributed by atoms with E-state index in [1.165, 1.54) is 24.1 Å². The van der Waals surface area contributed by atoms with E-state index in [4.69, 9.17) is 4.74 Å². The molecule has 1 aromatic heterocycles. The van der Waals surface area contributed by atoms with Gasteiger partial charge in [0.15, 0.2) is 5.13 Å². The highest BCUT2D eigenvalue weighted by Gasteiger charge is 2.31. The zero-order valence-electron chi connectivity index (χ0n) is 21.9. The molecule has 2 heterocycles. The maximum absolute atomic E-state index is 12.7. The molecule has 0 unspecified atom stereocenters. The standard InChI is InChI=1S/C24H32F3N5O5S/c1-23(2,3)37-22(35)32-10-8-15(9-11-32)30(4)14-20(34)31(5)13-19(33)29-21-28-17-7-6-16(12-18(17)38-21)36-24(25,26)27/h6-7,12,15H,8-11,13-14H2,1-5H3,(H,28,29,33). The Balaban J connectivity index is 1.46. The van der Waals surface area contributed by atoms with Crippen LogP contribution in [-0.2, 0) is 14.3 Å². The van der Waals surface area contributed by atoms with Gasteiger partial charge in [-0.05, 0) is 52.8 Å². The number of alkyl halides is 3. The zero-order valence-corrected chi connectivity index (χ0v) is 22.7. The summed E-state index contributed by atoms with van der Waals surface area (Å²) in [7, 11) is 3.34. The molecule has 14 heteroatoms. The van der Waals surface area contributed by atoms with Gasteiger partial charge in [0.25, 0.3) is 0 Å². The number of likely N-dealkylation sites (tertiary alicyclic amines) is 1. The molecule has 1 N–H and O–H groups in total. The first-order chi connectivity index (χ1) is 17.6. The van der Waals surface area contributed by atoms with E-state index in [2.05, 4.69) is 15.0 Å². The number of carbonyl (C=O) groups is 3. The number of benzene rings is 1. The number of halogens is 3. The van der Waals surface area contributed by atoms with Gasteiger partial charge in [0.2, 0.25) is 11.8 Å². The number of carbonyl (C=O) groups excluding carboxylic acids is 3. The third-order valence-electron chi connectivity index (χ3n) is 5.77. The molecule has 1 aliphatic rings. The number of amides is 3. The molecular weight excluding hydrogens is 527 g/mol. The van der Waals surface area contributed by atoms with Gasteiger partial charge >= 0.3 is 12.5 Å². The second-order valence-electron chi connectivity index (χ2n) is 10.1. The summed E-state index contributed by atoms with van der Waals surface area (Å²) in [6.45, 7) is 6.40. The van der Waals surface area contributed by atoms with Crippen LogP contribution in [-0.4, -0.2) is 95.9 Å². The third kappa shape index (κ3) is 8.72. The van der Waals surface area contributed by atoms with Gasteiger partial charge in [0.1, 0.15) is 11.4 Å². The highest BCUT2D eigenvalue weighted by molar-refractivity contribution is 7.22. The molecular formula is C24H32F3N5O5S. The minimum absolute atomic E-state index is 0.101. The lowest BCUT2D eigenvalue weighted by atomic mass is 10.0. The van der Waals surface area contributed by atoms with E-state index in [9.17, 15) is 27.6 Å². The third-order valence-corrected chi connectivity index (χ3v) is 6.70. The van der Waals surface area contributed by atoms with Crippen molar-refractivity contribution >= 4 is 44.6 Å². The van der Waals surface area contributed by atoms with Crippen LogP contribution in [0.15, 0.2) is 18.2 Å². The minimum Gasteiger partial charge on any atom is -0.444 e. The van der Waals surface area contributed by atoms with Crippen LogP contribution in [0, 0.1) is 0 Å². The van der Waals surface area contributed by atoms with Crippen molar-refractivity contribution in [3.05, 3.63) is 18.2 Å². The Morgan fingerprint density at radius 2 is 1.79 bits per heavy atom. The van der Waals surface area contributed by atoms with Crippen molar-refractivity contribution in [2.24, 2.45) is 0 Å². The molecule has 210 valence electrons. The maximum Gasteiger partial charge on any atom is 0.573 e. The average molecular weight is 560 g/mol. The Morgan fingerprint density at radius 3 is 2.39 bits per heavy atom. The summed E-state index contributed by atoms with van der Waals surface area (Å²) in [4.78, 5) is 46.5. The average Bonchev–Trinajstić information content (AvgIpc) is 3.18. The molecule has 0 radical (unpaired) electrons. The van der Waals surface area contributed by atoms with Crippen LogP contribution < -0.4 is 10.1 Å². The molecule has 1 fully saturated rings. The van der Waals surface area contributed by atoms with Crippen LogP contribution >= 0.6 is 11.3 Å². The fourth-order valence-electron chi connectivity index (χ4n) is 3.90. The van der Waals surface area contributed by atoms with Gasteiger partial charge in [-0.15, -0.1) is 13.2 Å². The topological polar surface area (TPSA) is 104 Å². The number of thiazole rings is 1. The van der Waals surface area contributed by atoms with E-state index < -0.39 is 17.9 Å². The number of nitrogens with zero attached hydrogens (tertiary/aromatic N) is 4. The highest BCUT2D eigenvalue weighted by Crippen LogP contribution is 2.31. The number of likely N-dealkylation sites (N-methyl/N-ethyl adjacent to an activating group) is 2. The van der Waals surface area contributed by atoms with Crippen molar-refractivity contribution in [1.82, 2.24) is 19.7 Å². The van der Waals surface area contributed by atoms with Crippen molar-refractivity contribution in [3.8, 4) is 5.75 Å². The Bertz CT molecular complexity index is 1160. The number of rotatable bonds is 7. The van der Waals surface area contributed by atoms with Gasteiger partial charge < -0.3 is 24.6 Å². The molecule has 10 nitrogen and oxygen atoms in total. The van der Waals surface area contributed by atoms with Gasteiger partial charge in [0.05, 0.1) is 23.3 Å². The van der Waals surface area contributed by atoms with Gasteiger partial charge in [-0.25, -0.2) is 9.78 Å². The number of anilines is 1. The van der Waals surface area contributed by atoms with E-state index in [0.29, 0.717) is 36.1 Å². The SMILES string of the molecule is CN(CC(=O)Nc1nc2ccc(OC(F)(F)F)cc2s1)C(=O)CN(C)C1CCN(C(=O)OC(C)(C)C)CC1. The monoisotopic (exact) mass is 559 g/mol. The first kappa shape index (κ1) is 29.4. The summed E-state index contributed by atoms with van der Waals surface area (Å²) in [5, 5.41) is 2.78. The smallest absolute Gasteiger partial charge is 0.444 e. The number of fused-ring (bicyclic) bond motifs is 1. The summed E-state index contributed by atoms with van der Waals surface area (Å²) in [5.41, 5.74) is -0.153. The number of piperidine rings is 1. The molecule has 0 spiro atoms. The van der Waals surface area contributed by atoms with Gasteiger partial charge in [-0.2, -0.15) is 0 Å². The molecule has 0 aliphatic carbocycles. The van der Waals surface area contributed by atoms with E-state index in [1.807, 2.05) is 32.7 Å². The Hall–Kier alpha value is -3.13. The largest absolute Gasteiger partial charge is 0.573 e. The van der Waals surface area contributed by atoms with Gasteiger partial charge in [-0.1, -0.05) is 11.3 Å². The molecule has 3 rings (SSSR count). The van der Waals surface area contributed by atoms with E-state index >= 15 is 0 Å². The van der Waals surface area contributed by atoms with Crippen LogP contribution in [0.2, 0.25) is 0 Å². The Kier molecular flexibility index (Phi) is 9.08. The van der Waals surface area contributed by atoms with Crippen LogP contribution in [0.4, 0.5) is 23.1 Å². The summed E-state index contributed by atoms with van der Waals surface area (Å²) in [6, 6.07) is 3.81. The number of nitrogens with one attached hydrogen (secondary N) is 1. The van der Waals surface area contributed by atoms with E-state index in [0.717, 1.165) is 17.4 Å². The molecule has 2 aromatic rings. The lowest BCUT2D eigenvalue weighted by Gasteiger charge is -2.37. The number of ether oxygens (including phenoxy) is 2. The number of hydrogen-bond acceptors (Lipinski definition) is 8. The summed E-state index contributed by atoms with van der Waals surface area (Å²) in [6.07, 6.45) is -3.76. The molecule has 1 aliphatic heterocycles. The maximum atomic E-state index is 12.7. The van der Waals surface area contributed by atoms with E-state index in [1.54, 1.807) is 4.90 Å². The van der Waals surface area contributed by atoms with Crippen LogP contribution in [0.3, 0.4) is 0 Å². The lowest BCUT2D eigenvalue weighted by Crippen LogP contribution is -2.49. The summed E-state index contributed by atoms with van der Waals surface area (Å²) in [5.74, 6) is -1.12. The highest BCUT2D eigenvalue weighted by atomic mass is 32.1. The first-order valence-corrected chi connectivity index (χ1v) is 12.8. The molecule has 3 amide bonds. The Labute approximate surface area is 222 Å². The lowest BCUT2D eigenvalue weighted by molar-refractivity contribution is -0.274. The first-order valence-electron chi connectivity index (χ1n) is 12.0. The van der Waals surface area contributed by atoms with Gasteiger partial charge in [-0.3, -0.25) is 14.5 Å². The van der Waals surface area contributed by atoms with Gasteiger partial charge in [0, 0.05) is 32.2 Å². The minimum atomic E-state index is -4.81. The van der Waals surface area contributed by atoms with E-state index in [-0.39, 0.29) is 42.0 Å². The second-order valence-corrected chi connectivity index (χ2v) is 11.1. The summed E-state index contributed by atoms with van der Waals surface area (Å²) < 4.78 is 47.0.